The summed E-state index contributed by atoms with van der Waals surface area (Å²) >= 11 is 4.94. The number of carbonyl (C=O) groups excluding carboxylic acids is 2. The molecule has 0 fully saturated rings. The van der Waals surface area contributed by atoms with Crippen molar-refractivity contribution < 1.29 is 19.4 Å². The minimum atomic E-state index is -0.775. The Morgan fingerprint density at radius 3 is 2.52 bits per heavy atom. The second-order valence-electron chi connectivity index (χ2n) is 4.22. The number of aromatic nitrogens is 2. The summed E-state index contributed by atoms with van der Waals surface area (Å²) in [6, 6.07) is 0. The van der Waals surface area contributed by atoms with Crippen LogP contribution in [-0.2, 0) is 23.6 Å². The maximum Gasteiger partial charge on any atom is 0.307 e. The summed E-state index contributed by atoms with van der Waals surface area (Å²) in [5, 5.41) is 12.3. The minimum absolute atomic E-state index is 0.000395. The van der Waals surface area contributed by atoms with Gasteiger partial charge >= 0.3 is 5.97 Å². The van der Waals surface area contributed by atoms with Gasteiger partial charge in [-0.2, -0.15) is 0 Å². The van der Waals surface area contributed by atoms with Crippen LogP contribution in [0.3, 0.4) is 0 Å². The van der Waals surface area contributed by atoms with Crippen LogP contribution in [0.1, 0.15) is 23.7 Å². The molecule has 0 radical (unpaired) electrons. The second kappa shape index (κ2) is 7.02. The lowest BCUT2D eigenvalue weighted by atomic mass is 10.3. The van der Waals surface area contributed by atoms with E-state index in [1.807, 2.05) is 0 Å². The average Bonchev–Trinajstić information content (AvgIpc) is 2.43. The van der Waals surface area contributed by atoms with E-state index in [0.717, 1.165) is 9.13 Å². The van der Waals surface area contributed by atoms with E-state index in [9.17, 15) is 19.5 Å². The molecule has 0 aliphatic rings. The molecule has 0 aromatic carbocycles. The van der Waals surface area contributed by atoms with Crippen molar-refractivity contribution in [1.29, 1.82) is 0 Å². The number of esters is 1. The highest BCUT2D eigenvalue weighted by molar-refractivity contribution is 7.71. The van der Waals surface area contributed by atoms with E-state index in [-0.39, 0.29) is 24.3 Å². The molecule has 0 bridgehead atoms. The Bertz CT molecular complexity index is 677. The summed E-state index contributed by atoms with van der Waals surface area (Å²) in [5.41, 5.74) is -1.12. The first-order chi connectivity index (χ1) is 9.81. The van der Waals surface area contributed by atoms with Gasteiger partial charge in [0.2, 0.25) is 5.88 Å². The van der Waals surface area contributed by atoms with E-state index < -0.39 is 28.9 Å². The van der Waals surface area contributed by atoms with Crippen molar-refractivity contribution in [2.24, 2.45) is 14.1 Å². The summed E-state index contributed by atoms with van der Waals surface area (Å²) in [4.78, 5) is 35.1. The first kappa shape index (κ1) is 16.9. The number of carbonyl (C=O) groups is 2. The van der Waals surface area contributed by atoms with Crippen molar-refractivity contribution in [3.63, 3.8) is 0 Å². The molecule has 9 heteroatoms. The fourth-order valence-corrected chi connectivity index (χ4v) is 1.80. The highest BCUT2D eigenvalue weighted by Crippen LogP contribution is 2.11. The van der Waals surface area contributed by atoms with Gasteiger partial charge in [-0.05, 0) is 19.1 Å². The molecule has 1 rings (SSSR count). The highest BCUT2D eigenvalue weighted by Gasteiger charge is 2.20. The normalized spacial score (nSPS) is 10.2. The lowest BCUT2D eigenvalue weighted by molar-refractivity contribution is -0.142. The molecule has 0 saturated heterocycles. The zero-order valence-electron chi connectivity index (χ0n) is 12.0. The smallest absolute Gasteiger partial charge is 0.307 e. The van der Waals surface area contributed by atoms with Gasteiger partial charge in [0.25, 0.3) is 11.5 Å². The zero-order valence-corrected chi connectivity index (χ0v) is 12.8. The van der Waals surface area contributed by atoms with Crippen LogP contribution in [0.2, 0.25) is 0 Å². The molecule has 0 atom stereocenters. The molecular weight excluding hydrogens is 298 g/mol. The lowest BCUT2D eigenvalue weighted by Crippen LogP contribution is -2.35. The molecule has 0 saturated carbocycles. The Balaban J connectivity index is 2.92. The Labute approximate surface area is 126 Å². The van der Waals surface area contributed by atoms with E-state index in [4.69, 9.17) is 17.0 Å². The molecular formula is C12H17N3O5S. The molecule has 0 spiro atoms. The van der Waals surface area contributed by atoms with Crippen molar-refractivity contribution in [3.8, 4) is 5.88 Å². The number of rotatable bonds is 5. The second-order valence-corrected chi connectivity index (χ2v) is 4.58. The van der Waals surface area contributed by atoms with Crippen molar-refractivity contribution in [2.75, 3.05) is 13.2 Å². The maximum absolute atomic E-state index is 12.0. The van der Waals surface area contributed by atoms with Gasteiger partial charge in [-0.3, -0.25) is 23.5 Å². The van der Waals surface area contributed by atoms with Crippen LogP contribution in [0, 0.1) is 4.77 Å². The van der Waals surface area contributed by atoms with E-state index in [0.29, 0.717) is 0 Å². The zero-order chi connectivity index (χ0) is 16.2. The summed E-state index contributed by atoms with van der Waals surface area (Å²) in [6.45, 7) is 1.93. The number of hydrogen-bond donors (Lipinski definition) is 2. The van der Waals surface area contributed by atoms with Crippen molar-refractivity contribution in [2.45, 2.75) is 13.3 Å². The van der Waals surface area contributed by atoms with E-state index >= 15 is 0 Å². The molecule has 0 aliphatic carbocycles. The third kappa shape index (κ3) is 3.69. The van der Waals surface area contributed by atoms with Crippen molar-refractivity contribution in [1.82, 2.24) is 14.5 Å². The minimum Gasteiger partial charge on any atom is -0.494 e. The molecule has 116 valence electrons. The predicted octanol–water partition coefficient (Wildman–Crippen LogP) is -0.158. The van der Waals surface area contributed by atoms with Crippen LogP contribution in [0.4, 0.5) is 0 Å². The number of hydrogen-bond acceptors (Lipinski definition) is 6. The van der Waals surface area contributed by atoms with Crippen LogP contribution in [0.25, 0.3) is 0 Å². The molecule has 0 aliphatic heterocycles. The molecule has 8 nitrogen and oxygen atoms in total. The number of amides is 1. The van der Waals surface area contributed by atoms with Crippen LogP contribution in [0.15, 0.2) is 4.79 Å². The topological polar surface area (TPSA) is 103 Å². The molecule has 2 N–H and O–H groups in total. The lowest BCUT2D eigenvalue weighted by Gasteiger charge is -2.11. The Morgan fingerprint density at radius 2 is 1.95 bits per heavy atom. The summed E-state index contributed by atoms with van der Waals surface area (Å²) in [5.74, 6) is -1.75. The fraction of sp³-hybridized carbons (Fsp3) is 0.500. The van der Waals surface area contributed by atoms with Gasteiger partial charge in [0.1, 0.15) is 0 Å². The largest absolute Gasteiger partial charge is 0.494 e. The number of nitrogens with one attached hydrogen (secondary N) is 1. The quantitative estimate of drug-likeness (QED) is 0.578. The van der Waals surface area contributed by atoms with Crippen molar-refractivity contribution >= 4 is 24.1 Å². The summed E-state index contributed by atoms with van der Waals surface area (Å²) < 4.78 is 7.02. The maximum atomic E-state index is 12.0. The summed E-state index contributed by atoms with van der Waals surface area (Å²) in [6.07, 6.45) is -0.0219. The van der Waals surface area contributed by atoms with Gasteiger partial charge in [0.15, 0.2) is 10.3 Å². The number of ether oxygens (including phenoxy) is 1. The third-order valence-electron chi connectivity index (χ3n) is 2.78. The van der Waals surface area contributed by atoms with Crippen LogP contribution < -0.4 is 10.9 Å². The van der Waals surface area contributed by atoms with Gasteiger partial charge in [-0.15, -0.1) is 0 Å². The van der Waals surface area contributed by atoms with Crippen LogP contribution in [-0.4, -0.2) is 39.3 Å². The van der Waals surface area contributed by atoms with Gasteiger partial charge in [-0.25, -0.2) is 0 Å². The van der Waals surface area contributed by atoms with E-state index in [1.54, 1.807) is 6.92 Å². The molecule has 1 amide bonds. The van der Waals surface area contributed by atoms with E-state index in [1.165, 1.54) is 14.1 Å². The van der Waals surface area contributed by atoms with Gasteiger partial charge in [0, 0.05) is 20.6 Å². The average molecular weight is 315 g/mol. The molecule has 21 heavy (non-hydrogen) atoms. The summed E-state index contributed by atoms with van der Waals surface area (Å²) in [7, 11) is 2.84. The standard InChI is InChI=1S/C12H17N3O5S/c1-4-20-7(16)5-6-13-9(17)8-10(18)14(2)12(21)15(3)11(8)19/h18H,4-6H2,1-3H3,(H,13,17). The van der Waals surface area contributed by atoms with Crippen LogP contribution >= 0.6 is 12.2 Å². The van der Waals surface area contributed by atoms with Crippen molar-refractivity contribution in [3.05, 3.63) is 20.7 Å². The van der Waals surface area contributed by atoms with Gasteiger partial charge < -0.3 is 15.2 Å². The fourth-order valence-electron chi connectivity index (χ4n) is 1.63. The van der Waals surface area contributed by atoms with Gasteiger partial charge in [-0.1, -0.05) is 0 Å². The van der Waals surface area contributed by atoms with Crippen LogP contribution in [0.5, 0.6) is 5.88 Å². The SMILES string of the molecule is CCOC(=O)CCNC(=O)c1c(O)n(C)c(=S)n(C)c1=O. The van der Waals surface area contributed by atoms with Gasteiger partial charge in [0.05, 0.1) is 13.0 Å². The molecule has 1 aromatic heterocycles. The number of aromatic hydroxyl groups is 1. The Morgan fingerprint density at radius 1 is 1.33 bits per heavy atom. The number of nitrogens with zero attached hydrogens (tertiary/aromatic N) is 2. The highest BCUT2D eigenvalue weighted by atomic mass is 32.1. The third-order valence-corrected chi connectivity index (χ3v) is 3.33. The first-order valence-corrected chi connectivity index (χ1v) is 6.64. The predicted molar refractivity (Wildman–Crippen MR) is 76.7 cm³/mol. The first-order valence-electron chi connectivity index (χ1n) is 6.24. The monoisotopic (exact) mass is 315 g/mol. The molecule has 0 unspecified atom stereocenters. The Hall–Kier alpha value is -2.16. The molecule has 1 aromatic rings. The Kier molecular flexibility index (Phi) is 5.65. The van der Waals surface area contributed by atoms with E-state index in [2.05, 4.69) is 5.32 Å². The molecule has 1 heterocycles.